The highest BCUT2D eigenvalue weighted by atomic mass is 16.6. The fourth-order valence-electron chi connectivity index (χ4n) is 7.59. The number of unbranched alkanes of at least 4 members (excludes halogenated alkanes) is 31. The van der Waals surface area contributed by atoms with Gasteiger partial charge in [-0.25, -0.2) is 0 Å². The third kappa shape index (κ3) is 48.5. The molecule has 0 bridgehead atoms. The Hall–Kier alpha value is -2.37. The fourth-order valence-corrected chi connectivity index (χ4v) is 7.59. The van der Waals surface area contributed by atoms with Gasteiger partial charge in [-0.2, -0.15) is 0 Å². The van der Waals surface area contributed by atoms with E-state index in [4.69, 9.17) is 14.2 Å². The molecule has 0 radical (unpaired) electrons. The Bertz CT molecular complexity index is 1030. The van der Waals surface area contributed by atoms with E-state index >= 15 is 0 Å². The SMILES string of the molecule is CCCCCC/C=C\C/C=C\CCCCCCCCCC(=O)OC(COC(=O)CCCCCCCC)COC(=O)CCCCCCCCCCC/C=C\CCCCCCCC. The lowest BCUT2D eigenvalue weighted by atomic mass is 10.1. The molecule has 6 heteroatoms. The van der Waals surface area contributed by atoms with E-state index < -0.39 is 6.10 Å². The van der Waals surface area contributed by atoms with Gasteiger partial charge in [0.25, 0.3) is 0 Å². The average Bonchev–Trinajstić information content (AvgIpc) is 3.26. The number of carbonyl (C=O) groups is 3. The highest BCUT2D eigenvalue weighted by Crippen LogP contribution is 2.15. The van der Waals surface area contributed by atoms with Crippen LogP contribution in [-0.4, -0.2) is 37.2 Å². The van der Waals surface area contributed by atoms with Crippen molar-refractivity contribution in [3.63, 3.8) is 0 Å². The molecule has 0 heterocycles. The molecule has 0 N–H and O–H groups in total. The van der Waals surface area contributed by atoms with Gasteiger partial charge in [0.2, 0.25) is 0 Å². The van der Waals surface area contributed by atoms with Crippen LogP contribution in [0.2, 0.25) is 0 Å². The summed E-state index contributed by atoms with van der Waals surface area (Å²) >= 11 is 0. The molecular formula is C55H100O6. The van der Waals surface area contributed by atoms with Crippen molar-refractivity contribution in [2.45, 2.75) is 284 Å². The lowest BCUT2D eigenvalue weighted by Gasteiger charge is -2.18. The van der Waals surface area contributed by atoms with Crippen LogP contribution in [0, 0.1) is 0 Å². The number of hydrogen-bond donors (Lipinski definition) is 0. The van der Waals surface area contributed by atoms with Gasteiger partial charge in [-0.3, -0.25) is 14.4 Å². The molecule has 0 spiro atoms. The van der Waals surface area contributed by atoms with Gasteiger partial charge in [0.05, 0.1) is 0 Å². The molecule has 6 nitrogen and oxygen atoms in total. The van der Waals surface area contributed by atoms with Crippen molar-refractivity contribution in [1.82, 2.24) is 0 Å². The molecule has 0 fully saturated rings. The van der Waals surface area contributed by atoms with Crippen molar-refractivity contribution < 1.29 is 28.6 Å². The summed E-state index contributed by atoms with van der Waals surface area (Å²) in [7, 11) is 0. The second-order valence-electron chi connectivity index (χ2n) is 17.8. The monoisotopic (exact) mass is 857 g/mol. The van der Waals surface area contributed by atoms with E-state index in [1.807, 2.05) is 0 Å². The molecule has 0 aromatic rings. The predicted octanol–water partition coefficient (Wildman–Crippen LogP) is 17.3. The third-order valence-electron chi connectivity index (χ3n) is 11.6. The Labute approximate surface area is 378 Å². The number of esters is 3. The minimum Gasteiger partial charge on any atom is -0.462 e. The highest BCUT2D eigenvalue weighted by Gasteiger charge is 2.19. The average molecular weight is 857 g/mol. The van der Waals surface area contributed by atoms with E-state index in [0.717, 1.165) is 70.6 Å². The molecule has 61 heavy (non-hydrogen) atoms. The van der Waals surface area contributed by atoms with Gasteiger partial charge in [0.15, 0.2) is 6.10 Å². The maximum atomic E-state index is 12.8. The first-order chi connectivity index (χ1) is 30.0. The lowest BCUT2D eigenvalue weighted by molar-refractivity contribution is -0.167. The number of allylic oxidation sites excluding steroid dienone is 6. The van der Waals surface area contributed by atoms with Crippen molar-refractivity contribution in [2.75, 3.05) is 13.2 Å². The van der Waals surface area contributed by atoms with Crippen LogP contribution in [0.4, 0.5) is 0 Å². The molecule has 0 aliphatic heterocycles. The van der Waals surface area contributed by atoms with E-state index in [-0.39, 0.29) is 31.1 Å². The summed E-state index contributed by atoms with van der Waals surface area (Å²) in [5.41, 5.74) is 0. The van der Waals surface area contributed by atoms with Gasteiger partial charge in [0.1, 0.15) is 13.2 Å². The maximum absolute atomic E-state index is 12.8. The normalized spacial score (nSPS) is 12.2. The van der Waals surface area contributed by atoms with E-state index in [1.165, 1.54) is 167 Å². The summed E-state index contributed by atoms with van der Waals surface area (Å²) in [4.78, 5) is 37.8. The van der Waals surface area contributed by atoms with Gasteiger partial charge >= 0.3 is 17.9 Å². The maximum Gasteiger partial charge on any atom is 0.306 e. The second kappa shape index (κ2) is 50.3. The largest absolute Gasteiger partial charge is 0.462 e. The van der Waals surface area contributed by atoms with Crippen molar-refractivity contribution in [1.29, 1.82) is 0 Å². The Morgan fingerprint density at radius 1 is 0.328 bits per heavy atom. The van der Waals surface area contributed by atoms with Crippen LogP contribution in [0.15, 0.2) is 36.5 Å². The van der Waals surface area contributed by atoms with Crippen molar-refractivity contribution in [3.05, 3.63) is 36.5 Å². The molecule has 0 aromatic carbocycles. The molecular weight excluding hydrogens is 757 g/mol. The number of hydrogen-bond acceptors (Lipinski definition) is 6. The first-order valence-electron chi connectivity index (χ1n) is 26.5. The summed E-state index contributed by atoms with van der Waals surface area (Å²) in [5, 5.41) is 0. The molecule has 0 saturated carbocycles. The summed E-state index contributed by atoms with van der Waals surface area (Å²) in [6.07, 6.45) is 58.7. The van der Waals surface area contributed by atoms with Crippen LogP contribution in [-0.2, 0) is 28.6 Å². The van der Waals surface area contributed by atoms with Gasteiger partial charge in [-0.15, -0.1) is 0 Å². The minimum atomic E-state index is -0.772. The zero-order valence-electron chi connectivity index (χ0n) is 40.7. The molecule has 1 atom stereocenters. The highest BCUT2D eigenvalue weighted by molar-refractivity contribution is 5.71. The Kier molecular flexibility index (Phi) is 48.3. The zero-order chi connectivity index (χ0) is 44.4. The van der Waals surface area contributed by atoms with Crippen molar-refractivity contribution in [2.24, 2.45) is 0 Å². The Morgan fingerprint density at radius 3 is 0.934 bits per heavy atom. The van der Waals surface area contributed by atoms with Crippen LogP contribution in [0.3, 0.4) is 0 Å². The first kappa shape index (κ1) is 58.6. The topological polar surface area (TPSA) is 78.9 Å². The van der Waals surface area contributed by atoms with Gasteiger partial charge in [0, 0.05) is 19.3 Å². The fraction of sp³-hybridized carbons (Fsp3) is 0.836. The van der Waals surface area contributed by atoms with Gasteiger partial charge in [-0.1, -0.05) is 218 Å². The molecule has 0 aliphatic rings. The summed E-state index contributed by atoms with van der Waals surface area (Å²) in [6, 6.07) is 0. The predicted molar refractivity (Wildman–Crippen MR) is 261 cm³/mol. The summed E-state index contributed by atoms with van der Waals surface area (Å²) in [6.45, 7) is 6.57. The molecule has 0 aromatic heterocycles. The molecule has 0 rings (SSSR count). The van der Waals surface area contributed by atoms with Crippen molar-refractivity contribution >= 4 is 17.9 Å². The quantitative estimate of drug-likeness (QED) is 0.0262. The molecule has 0 amide bonds. The standard InChI is InChI=1S/C55H100O6/c1-4-7-10-13-16-18-20-22-24-26-28-30-31-33-35-37-39-42-45-48-54(57)60-51-52(50-59-53(56)47-44-41-15-12-9-6-3)61-55(58)49-46-43-40-38-36-34-32-29-27-25-23-21-19-17-14-11-8-5-2/h19,21-22,24-25,27,52H,4-18,20,23,26,28-51H2,1-3H3/b21-19-,24-22-,27-25-. The minimum absolute atomic E-state index is 0.0746. The van der Waals surface area contributed by atoms with E-state index in [0.29, 0.717) is 19.3 Å². The molecule has 0 saturated heterocycles. The van der Waals surface area contributed by atoms with Crippen LogP contribution >= 0.6 is 0 Å². The number of ether oxygens (including phenoxy) is 3. The molecule has 356 valence electrons. The smallest absolute Gasteiger partial charge is 0.306 e. The van der Waals surface area contributed by atoms with Gasteiger partial charge < -0.3 is 14.2 Å². The van der Waals surface area contributed by atoms with Gasteiger partial charge in [-0.05, 0) is 77.0 Å². The lowest BCUT2D eigenvalue weighted by Crippen LogP contribution is -2.30. The van der Waals surface area contributed by atoms with Crippen LogP contribution in [0.5, 0.6) is 0 Å². The zero-order valence-corrected chi connectivity index (χ0v) is 40.7. The van der Waals surface area contributed by atoms with E-state index in [1.54, 1.807) is 0 Å². The summed E-state index contributed by atoms with van der Waals surface area (Å²) < 4.78 is 16.7. The summed E-state index contributed by atoms with van der Waals surface area (Å²) in [5.74, 6) is -0.885. The third-order valence-corrected chi connectivity index (χ3v) is 11.6. The van der Waals surface area contributed by atoms with Crippen LogP contribution in [0.1, 0.15) is 278 Å². The van der Waals surface area contributed by atoms with Crippen LogP contribution in [0.25, 0.3) is 0 Å². The first-order valence-corrected chi connectivity index (χ1v) is 26.5. The molecule has 0 aliphatic carbocycles. The number of carbonyl (C=O) groups excluding carboxylic acids is 3. The Morgan fingerprint density at radius 2 is 0.590 bits per heavy atom. The Balaban J connectivity index is 4.19. The van der Waals surface area contributed by atoms with Crippen molar-refractivity contribution in [3.8, 4) is 0 Å². The van der Waals surface area contributed by atoms with E-state index in [9.17, 15) is 14.4 Å². The number of rotatable bonds is 48. The second-order valence-corrected chi connectivity index (χ2v) is 17.8. The van der Waals surface area contributed by atoms with E-state index in [2.05, 4.69) is 57.2 Å². The van der Waals surface area contributed by atoms with Crippen LogP contribution < -0.4 is 0 Å². The molecule has 1 unspecified atom stereocenters.